The molecule has 2 rings (SSSR count). The molecule has 0 radical (unpaired) electrons. The molecule has 2 aromatic carbocycles. The SMILES string of the molecule is CC(C(=O)[O-])c1ccc(-c2ccccc2)c(F)c1. The number of carbonyl (C=O) groups excluding carboxylic acids is 1. The van der Waals surface area contributed by atoms with E-state index in [1.807, 2.05) is 18.2 Å². The summed E-state index contributed by atoms with van der Waals surface area (Å²) in [6.45, 7) is 1.48. The Labute approximate surface area is 105 Å². The molecule has 2 aromatic rings. The first-order valence-electron chi connectivity index (χ1n) is 5.65. The Morgan fingerprint density at radius 2 is 1.83 bits per heavy atom. The van der Waals surface area contributed by atoms with E-state index in [0.29, 0.717) is 11.1 Å². The van der Waals surface area contributed by atoms with Crippen LogP contribution in [0.1, 0.15) is 18.4 Å². The largest absolute Gasteiger partial charge is 0.550 e. The van der Waals surface area contributed by atoms with Gasteiger partial charge in [0.05, 0.1) is 0 Å². The highest BCUT2D eigenvalue weighted by Crippen LogP contribution is 2.25. The second-order valence-electron chi connectivity index (χ2n) is 4.15. The molecule has 0 fully saturated rings. The first-order chi connectivity index (χ1) is 8.59. The summed E-state index contributed by atoms with van der Waals surface area (Å²) in [6.07, 6.45) is 0. The Morgan fingerprint density at radius 1 is 1.17 bits per heavy atom. The van der Waals surface area contributed by atoms with Gasteiger partial charge in [-0.2, -0.15) is 0 Å². The summed E-state index contributed by atoms with van der Waals surface area (Å²) in [5, 5.41) is 10.7. The van der Waals surface area contributed by atoms with E-state index in [1.165, 1.54) is 13.0 Å². The lowest BCUT2D eigenvalue weighted by molar-refractivity contribution is -0.307. The number of hydrogen-bond acceptors (Lipinski definition) is 2. The van der Waals surface area contributed by atoms with E-state index in [2.05, 4.69) is 0 Å². The lowest BCUT2D eigenvalue weighted by Gasteiger charge is -2.14. The standard InChI is InChI=1S/C15H13FO2/c1-10(15(17)18)12-7-8-13(14(16)9-12)11-5-3-2-4-6-11/h2-10H,1H3,(H,17,18)/p-1. The molecule has 1 unspecified atom stereocenters. The lowest BCUT2D eigenvalue weighted by atomic mass is 9.97. The zero-order valence-electron chi connectivity index (χ0n) is 9.89. The summed E-state index contributed by atoms with van der Waals surface area (Å²) in [5.41, 5.74) is 1.64. The summed E-state index contributed by atoms with van der Waals surface area (Å²) >= 11 is 0. The third-order valence-electron chi connectivity index (χ3n) is 2.93. The average Bonchev–Trinajstić information content (AvgIpc) is 2.38. The molecule has 0 aliphatic heterocycles. The van der Waals surface area contributed by atoms with Crippen molar-refractivity contribution in [3.05, 3.63) is 59.9 Å². The van der Waals surface area contributed by atoms with E-state index in [4.69, 9.17) is 0 Å². The minimum absolute atomic E-state index is 0.409. The Hall–Kier alpha value is -2.16. The van der Waals surface area contributed by atoms with E-state index in [1.54, 1.807) is 24.3 Å². The number of halogens is 1. The maximum Gasteiger partial charge on any atom is 0.131 e. The van der Waals surface area contributed by atoms with Gasteiger partial charge >= 0.3 is 0 Å². The fourth-order valence-corrected chi connectivity index (χ4v) is 1.79. The molecular weight excluding hydrogens is 231 g/mol. The van der Waals surface area contributed by atoms with Crippen molar-refractivity contribution in [2.24, 2.45) is 0 Å². The van der Waals surface area contributed by atoms with Crippen LogP contribution in [0.15, 0.2) is 48.5 Å². The molecule has 3 heteroatoms. The van der Waals surface area contributed by atoms with Gasteiger partial charge in [0.15, 0.2) is 0 Å². The molecule has 0 aliphatic carbocycles. The van der Waals surface area contributed by atoms with Gasteiger partial charge in [-0.25, -0.2) is 4.39 Å². The molecule has 0 saturated carbocycles. The van der Waals surface area contributed by atoms with Crippen molar-refractivity contribution in [3.8, 4) is 11.1 Å². The van der Waals surface area contributed by atoms with Crippen molar-refractivity contribution in [1.29, 1.82) is 0 Å². The molecule has 0 aliphatic rings. The molecule has 0 spiro atoms. The number of hydrogen-bond donors (Lipinski definition) is 0. The zero-order chi connectivity index (χ0) is 13.1. The van der Waals surface area contributed by atoms with Crippen LogP contribution in [0.5, 0.6) is 0 Å². The highest BCUT2D eigenvalue weighted by atomic mass is 19.1. The van der Waals surface area contributed by atoms with Gasteiger partial charge < -0.3 is 9.90 Å². The Kier molecular flexibility index (Phi) is 3.42. The van der Waals surface area contributed by atoms with Crippen LogP contribution in [0.3, 0.4) is 0 Å². The van der Waals surface area contributed by atoms with Gasteiger partial charge in [-0.1, -0.05) is 49.4 Å². The van der Waals surface area contributed by atoms with Gasteiger partial charge in [0.1, 0.15) is 5.82 Å². The maximum atomic E-state index is 13.9. The van der Waals surface area contributed by atoms with Crippen LogP contribution in [0.25, 0.3) is 11.1 Å². The molecule has 0 bridgehead atoms. The molecular formula is C15H12FO2-. The number of rotatable bonds is 3. The van der Waals surface area contributed by atoms with Crippen molar-refractivity contribution >= 4 is 5.97 Å². The van der Waals surface area contributed by atoms with Crippen LogP contribution < -0.4 is 5.11 Å². The number of carbonyl (C=O) groups is 1. The van der Waals surface area contributed by atoms with Crippen LogP contribution in [-0.2, 0) is 4.79 Å². The van der Waals surface area contributed by atoms with Crippen LogP contribution in [0, 0.1) is 5.82 Å². The lowest BCUT2D eigenvalue weighted by Crippen LogP contribution is -2.28. The van der Waals surface area contributed by atoms with Gasteiger partial charge in [0.25, 0.3) is 0 Å². The first kappa shape index (κ1) is 12.3. The van der Waals surface area contributed by atoms with Crippen molar-refractivity contribution in [2.45, 2.75) is 12.8 Å². The number of aliphatic carboxylic acids is 1. The van der Waals surface area contributed by atoms with E-state index in [-0.39, 0.29) is 0 Å². The third-order valence-corrected chi connectivity index (χ3v) is 2.93. The van der Waals surface area contributed by atoms with Gasteiger partial charge in [0.2, 0.25) is 0 Å². The summed E-state index contributed by atoms with van der Waals surface area (Å²) in [5.74, 6) is -2.45. The Balaban J connectivity index is 2.40. The number of benzene rings is 2. The molecule has 18 heavy (non-hydrogen) atoms. The first-order valence-corrected chi connectivity index (χ1v) is 5.65. The summed E-state index contributed by atoms with van der Waals surface area (Å²) < 4.78 is 13.9. The van der Waals surface area contributed by atoms with Crippen LogP contribution in [-0.4, -0.2) is 5.97 Å². The van der Waals surface area contributed by atoms with Crippen molar-refractivity contribution < 1.29 is 14.3 Å². The fraction of sp³-hybridized carbons (Fsp3) is 0.133. The number of carboxylic acids is 1. The normalized spacial score (nSPS) is 12.1. The molecule has 0 amide bonds. The van der Waals surface area contributed by atoms with Gasteiger partial charge in [-0.05, 0) is 17.2 Å². The Morgan fingerprint density at radius 3 is 2.39 bits per heavy atom. The quantitative estimate of drug-likeness (QED) is 0.830. The van der Waals surface area contributed by atoms with Crippen LogP contribution >= 0.6 is 0 Å². The third kappa shape index (κ3) is 2.40. The average molecular weight is 243 g/mol. The minimum Gasteiger partial charge on any atom is -0.550 e. The zero-order valence-corrected chi connectivity index (χ0v) is 9.89. The summed E-state index contributed by atoms with van der Waals surface area (Å²) in [4.78, 5) is 10.7. The predicted molar refractivity (Wildman–Crippen MR) is 65.3 cm³/mol. The fourth-order valence-electron chi connectivity index (χ4n) is 1.79. The monoisotopic (exact) mass is 243 g/mol. The van der Waals surface area contributed by atoms with E-state index >= 15 is 0 Å². The molecule has 2 nitrogen and oxygen atoms in total. The van der Waals surface area contributed by atoms with Crippen molar-refractivity contribution in [2.75, 3.05) is 0 Å². The highest BCUT2D eigenvalue weighted by molar-refractivity contribution is 5.74. The second-order valence-corrected chi connectivity index (χ2v) is 4.15. The molecule has 0 N–H and O–H groups in total. The molecule has 1 atom stereocenters. The predicted octanol–water partition coefficient (Wildman–Crippen LogP) is 2.35. The van der Waals surface area contributed by atoms with Crippen molar-refractivity contribution in [3.63, 3.8) is 0 Å². The van der Waals surface area contributed by atoms with E-state index in [9.17, 15) is 14.3 Å². The summed E-state index contributed by atoms with van der Waals surface area (Å²) in [7, 11) is 0. The van der Waals surface area contributed by atoms with E-state index < -0.39 is 17.7 Å². The molecule has 0 aromatic heterocycles. The van der Waals surface area contributed by atoms with E-state index in [0.717, 1.165) is 5.56 Å². The van der Waals surface area contributed by atoms with Gasteiger partial charge in [-0.15, -0.1) is 0 Å². The number of carboxylic acid groups (broad SMARTS) is 1. The molecule has 0 saturated heterocycles. The van der Waals surface area contributed by atoms with Crippen LogP contribution in [0.4, 0.5) is 4.39 Å². The van der Waals surface area contributed by atoms with Gasteiger partial charge in [0, 0.05) is 17.5 Å². The molecule has 0 heterocycles. The van der Waals surface area contributed by atoms with Crippen LogP contribution in [0.2, 0.25) is 0 Å². The topological polar surface area (TPSA) is 40.1 Å². The van der Waals surface area contributed by atoms with Gasteiger partial charge in [-0.3, -0.25) is 0 Å². The molecule has 92 valence electrons. The maximum absolute atomic E-state index is 13.9. The highest BCUT2D eigenvalue weighted by Gasteiger charge is 2.10. The van der Waals surface area contributed by atoms with Crippen molar-refractivity contribution in [1.82, 2.24) is 0 Å². The smallest absolute Gasteiger partial charge is 0.131 e. The Bertz CT molecular complexity index is 564. The second kappa shape index (κ2) is 5.00. The summed E-state index contributed by atoms with van der Waals surface area (Å²) in [6, 6.07) is 13.6. The minimum atomic E-state index is -1.21.